The van der Waals surface area contributed by atoms with E-state index < -0.39 is 20.9 Å². The van der Waals surface area contributed by atoms with E-state index in [1.54, 1.807) is 24.3 Å². The van der Waals surface area contributed by atoms with Crippen LogP contribution in [0.3, 0.4) is 0 Å². The number of hydrogen-bond donors (Lipinski definition) is 2. The van der Waals surface area contributed by atoms with Gasteiger partial charge >= 0.3 is 0 Å². The third kappa shape index (κ3) is 5.13. The fourth-order valence-electron chi connectivity index (χ4n) is 2.77. The Morgan fingerprint density at radius 1 is 0.906 bits per heavy atom. The Labute approximate surface area is 184 Å². The molecule has 166 valence electrons. The first kappa shape index (κ1) is 22.6. The molecule has 0 aliphatic rings. The maximum absolute atomic E-state index is 12.9. The second kappa shape index (κ2) is 9.35. The number of benzene rings is 3. The van der Waals surface area contributed by atoms with E-state index >= 15 is 0 Å². The van der Waals surface area contributed by atoms with Gasteiger partial charge in [-0.15, -0.1) is 0 Å². The van der Waals surface area contributed by atoms with Crippen LogP contribution in [0.2, 0.25) is 0 Å². The summed E-state index contributed by atoms with van der Waals surface area (Å²) in [5.41, 5.74) is 0.536. The number of amides is 1. The van der Waals surface area contributed by atoms with E-state index in [9.17, 15) is 23.3 Å². The molecule has 0 saturated heterocycles. The number of hydrogen-bond acceptors (Lipinski definition) is 7. The van der Waals surface area contributed by atoms with Crippen LogP contribution in [0.25, 0.3) is 0 Å². The van der Waals surface area contributed by atoms with Crippen LogP contribution in [0.15, 0.2) is 71.6 Å². The van der Waals surface area contributed by atoms with Crippen molar-refractivity contribution in [1.29, 1.82) is 0 Å². The van der Waals surface area contributed by atoms with E-state index in [2.05, 4.69) is 10.0 Å². The van der Waals surface area contributed by atoms with Crippen LogP contribution in [-0.2, 0) is 10.0 Å². The molecule has 3 rings (SSSR count). The smallest absolute Gasteiger partial charge is 0.269 e. The van der Waals surface area contributed by atoms with Crippen molar-refractivity contribution in [2.75, 3.05) is 24.3 Å². The Bertz CT molecular complexity index is 1240. The summed E-state index contributed by atoms with van der Waals surface area (Å²) in [6, 6.07) is 15.5. The number of nitrogens with one attached hydrogen (secondary N) is 2. The molecule has 0 aromatic heterocycles. The van der Waals surface area contributed by atoms with Crippen LogP contribution in [0.5, 0.6) is 11.5 Å². The molecule has 0 radical (unpaired) electrons. The number of carbonyl (C=O) groups excluding carboxylic acids is 1. The standard InChI is InChI=1S/C21H19N3O7S/c1-30-18-10-5-15(6-11-18)23-32(28,29)20-13-16(7-12-19(20)31-2)22-21(25)14-3-8-17(9-4-14)24(26)27/h3-13,23H,1-2H3,(H,22,25). The molecule has 0 aliphatic heterocycles. The zero-order chi connectivity index (χ0) is 23.3. The van der Waals surface area contributed by atoms with Crippen LogP contribution >= 0.6 is 0 Å². The summed E-state index contributed by atoms with van der Waals surface area (Å²) in [5, 5.41) is 13.3. The SMILES string of the molecule is COc1ccc(NS(=O)(=O)c2cc(NC(=O)c3ccc([N+](=O)[O-])cc3)ccc2OC)cc1. The Kier molecular flexibility index (Phi) is 6.59. The van der Waals surface area contributed by atoms with Crippen LogP contribution < -0.4 is 19.5 Å². The highest BCUT2D eigenvalue weighted by Crippen LogP contribution is 2.29. The number of sulfonamides is 1. The molecule has 10 nitrogen and oxygen atoms in total. The van der Waals surface area contributed by atoms with E-state index in [1.165, 1.54) is 56.7 Å². The van der Waals surface area contributed by atoms with Crippen molar-refractivity contribution in [1.82, 2.24) is 0 Å². The summed E-state index contributed by atoms with van der Waals surface area (Å²) in [6.07, 6.45) is 0. The quantitative estimate of drug-likeness (QED) is 0.389. The van der Waals surface area contributed by atoms with Crippen LogP contribution in [0.4, 0.5) is 17.1 Å². The van der Waals surface area contributed by atoms with Gasteiger partial charge in [-0.3, -0.25) is 19.6 Å². The predicted octanol–water partition coefficient (Wildman–Crippen LogP) is 3.67. The summed E-state index contributed by atoms with van der Waals surface area (Å²) in [5.74, 6) is 0.0948. The summed E-state index contributed by atoms with van der Waals surface area (Å²) in [4.78, 5) is 22.5. The van der Waals surface area contributed by atoms with Crippen LogP contribution in [-0.4, -0.2) is 33.5 Å². The second-order valence-corrected chi connectivity index (χ2v) is 8.11. The van der Waals surface area contributed by atoms with Gasteiger partial charge in [0.1, 0.15) is 16.4 Å². The third-order valence-corrected chi connectivity index (χ3v) is 5.80. The molecule has 0 unspecified atom stereocenters. The van der Waals surface area contributed by atoms with Gasteiger partial charge in [0, 0.05) is 29.1 Å². The summed E-state index contributed by atoms with van der Waals surface area (Å²) < 4.78 is 38.6. The van der Waals surface area contributed by atoms with Crippen molar-refractivity contribution < 1.29 is 27.6 Å². The zero-order valence-electron chi connectivity index (χ0n) is 17.1. The molecule has 0 heterocycles. The Balaban J connectivity index is 1.85. The molecule has 3 aromatic rings. The molecule has 2 N–H and O–H groups in total. The molecule has 0 bridgehead atoms. The molecule has 11 heteroatoms. The van der Waals surface area contributed by atoms with E-state index in [-0.39, 0.29) is 27.6 Å². The fraction of sp³-hybridized carbons (Fsp3) is 0.0952. The van der Waals surface area contributed by atoms with E-state index in [4.69, 9.17) is 9.47 Å². The van der Waals surface area contributed by atoms with E-state index in [0.29, 0.717) is 11.4 Å². The van der Waals surface area contributed by atoms with Gasteiger partial charge in [0.25, 0.3) is 21.6 Å². The number of carbonyl (C=O) groups is 1. The molecule has 0 aliphatic carbocycles. The Morgan fingerprint density at radius 2 is 1.53 bits per heavy atom. The van der Waals surface area contributed by atoms with Gasteiger partial charge in [-0.25, -0.2) is 8.42 Å². The molecular weight excluding hydrogens is 438 g/mol. The normalized spacial score (nSPS) is 10.8. The lowest BCUT2D eigenvalue weighted by Gasteiger charge is -2.14. The number of ether oxygens (including phenoxy) is 2. The molecule has 0 spiro atoms. The summed E-state index contributed by atoms with van der Waals surface area (Å²) in [6.45, 7) is 0. The lowest BCUT2D eigenvalue weighted by atomic mass is 10.2. The van der Waals surface area contributed by atoms with Gasteiger partial charge in [-0.2, -0.15) is 0 Å². The van der Waals surface area contributed by atoms with Crippen molar-refractivity contribution in [2.45, 2.75) is 4.90 Å². The summed E-state index contributed by atoms with van der Waals surface area (Å²) in [7, 11) is -1.23. The highest BCUT2D eigenvalue weighted by molar-refractivity contribution is 7.92. The van der Waals surface area contributed by atoms with Crippen molar-refractivity contribution in [2.24, 2.45) is 0 Å². The number of non-ortho nitro benzene ring substituents is 1. The van der Waals surface area contributed by atoms with Crippen molar-refractivity contribution in [3.63, 3.8) is 0 Å². The first-order valence-corrected chi connectivity index (χ1v) is 10.6. The Hall–Kier alpha value is -4.12. The number of nitro groups is 1. The van der Waals surface area contributed by atoms with Crippen molar-refractivity contribution in [3.05, 3.63) is 82.4 Å². The van der Waals surface area contributed by atoms with Gasteiger partial charge in [0.05, 0.1) is 19.1 Å². The minimum Gasteiger partial charge on any atom is -0.497 e. The molecule has 3 aromatic carbocycles. The molecule has 0 fully saturated rings. The number of anilines is 2. The first-order chi connectivity index (χ1) is 15.2. The number of rotatable bonds is 8. The highest BCUT2D eigenvalue weighted by atomic mass is 32.2. The topological polar surface area (TPSA) is 137 Å². The van der Waals surface area contributed by atoms with Gasteiger partial charge in [0.2, 0.25) is 0 Å². The van der Waals surface area contributed by atoms with Gasteiger partial charge < -0.3 is 14.8 Å². The molecular formula is C21H19N3O7S. The van der Waals surface area contributed by atoms with Gasteiger partial charge in [0.15, 0.2) is 0 Å². The number of nitro benzene ring substituents is 1. The molecule has 0 saturated carbocycles. The first-order valence-electron chi connectivity index (χ1n) is 9.14. The fourth-order valence-corrected chi connectivity index (χ4v) is 4.03. The van der Waals surface area contributed by atoms with E-state index in [1.807, 2.05) is 0 Å². The second-order valence-electron chi connectivity index (χ2n) is 6.46. The average molecular weight is 457 g/mol. The van der Waals surface area contributed by atoms with Crippen molar-refractivity contribution in [3.8, 4) is 11.5 Å². The lowest BCUT2D eigenvalue weighted by Crippen LogP contribution is -2.16. The molecule has 0 atom stereocenters. The third-order valence-electron chi connectivity index (χ3n) is 4.39. The average Bonchev–Trinajstić information content (AvgIpc) is 2.79. The monoisotopic (exact) mass is 457 g/mol. The van der Waals surface area contributed by atoms with Crippen molar-refractivity contribution >= 4 is 33.0 Å². The highest BCUT2D eigenvalue weighted by Gasteiger charge is 2.21. The number of nitrogens with zero attached hydrogens (tertiary/aromatic N) is 1. The zero-order valence-corrected chi connectivity index (χ0v) is 17.9. The van der Waals surface area contributed by atoms with E-state index in [0.717, 1.165) is 0 Å². The van der Waals surface area contributed by atoms with Gasteiger partial charge in [-0.05, 0) is 54.6 Å². The molecule has 32 heavy (non-hydrogen) atoms. The Morgan fingerprint density at radius 3 is 2.09 bits per heavy atom. The van der Waals surface area contributed by atoms with Gasteiger partial charge in [-0.1, -0.05) is 0 Å². The molecule has 1 amide bonds. The van der Waals surface area contributed by atoms with Crippen LogP contribution in [0.1, 0.15) is 10.4 Å². The largest absolute Gasteiger partial charge is 0.497 e. The van der Waals surface area contributed by atoms with Crippen LogP contribution in [0, 0.1) is 10.1 Å². The maximum atomic E-state index is 12.9. The number of methoxy groups -OCH3 is 2. The minimum atomic E-state index is -4.06. The maximum Gasteiger partial charge on any atom is 0.269 e. The minimum absolute atomic E-state index is 0.0827. The lowest BCUT2D eigenvalue weighted by molar-refractivity contribution is -0.384. The predicted molar refractivity (Wildman–Crippen MR) is 118 cm³/mol. The summed E-state index contributed by atoms with van der Waals surface area (Å²) >= 11 is 0.